The molecule has 2 aromatic carbocycles. The molecular weight excluding hydrogens is 526 g/mol. The molecule has 3 aliphatic rings. The van der Waals surface area contributed by atoms with E-state index in [4.69, 9.17) is 9.47 Å². The Morgan fingerprint density at radius 1 is 0.905 bits per heavy atom. The maximum atomic E-state index is 13.9. The fourth-order valence-corrected chi connectivity index (χ4v) is 6.03. The van der Waals surface area contributed by atoms with Gasteiger partial charge in [-0.15, -0.1) is 0 Å². The summed E-state index contributed by atoms with van der Waals surface area (Å²) in [7, 11) is 1.66. The quantitative estimate of drug-likeness (QED) is 0.386. The van der Waals surface area contributed by atoms with Gasteiger partial charge in [0.25, 0.3) is 5.91 Å². The Morgan fingerprint density at radius 2 is 1.55 bits per heavy atom. The van der Waals surface area contributed by atoms with Gasteiger partial charge in [-0.2, -0.15) is 0 Å². The molecule has 4 atom stereocenters. The van der Waals surface area contributed by atoms with Crippen LogP contribution in [0.4, 0.5) is 0 Å². The van der Waals surface area contributed by atoms with Gasteiger partial charge in [0.2, 0.25) is 5.91 Å². The summed E-state index contributed by atoms with van der Waals surface area (Å²) in [5.41, 5.74) is 2.77. The van der Waals surface area contributed by atoms with E-state index in [9.17, 15) is 9.59 Å². The van der Waals surface area contributed by atoms with Crippen LogP contribution in [0.1, 0.15) is 37.8 Å². The van der Waals surface area contributed by atoms with E-state index in [2.05, 4.69) is 24.1 Å². The molecule has 0 spiro atoms. The predicted octanol–water partition coefficient (Wildman–Crippen LogP) is 4.39. The molecule has 5 rings (SSSR count). The molecule has 7 nitrogen and oxygen atoms in total. The smallest absolute Gasteiger partial charge is 0.253 e. The number of nitrogens with zero attached hydrogens (tertiary/aromatic N) is 2. The van der Waals surface area contributed by atoms with Crippen LogP contribution in [0.3, 0.4) is 0 Å². The number of hydrogen-bond donors (Lipinski definition) is 1. The molecule has 2 aromatic rings. The second-order valence-corrected chi connectivity index (χ2v) is 12.1. The number of amides is 2. The molecule has 2 aliphatic carbocycles. The van der Waals surface area contributed by atoms with Gasteiger partial charge >= 0.3 is 0 Å². The molecule has 1 saturated heterocycles. The first-order valence-corrected chi connectivity index (χ1v) is 15.4. The zero-order chi connectivity index (χ0) is 29.5. The summed E-state index contributed by atoms with van der Waals surface area (Å²) in [5.74, 6) is 0.786. The first kappa shape index (κ1) is 30.2. The van der Waals surface area contributed by atoms with Crippen LogP contribution in [0.5, 0.6) is 0 Å². The zero-order valence-electron chi connectivity index (χ0n) is 25.2. The van der Waals surface area contributed by atoms with Crippen LogP contribution in [-0.4, -0.2) is 79.2 Å². The molecule has 0 radical (unpaired) electrons. The molecule has 0 aromatic heterocycles. The summed E-state index contributed by atoms with van der Waals surface area (Å²) in [6.07, 6.45) is 7.71. The highest BCUT2D eigenvalue weighted by Gasteiger charge is 2.38. The standard InChI is InChI=1S/C35H45N3O4/c1-25(2)37(35(40)28-14-17-32(41-3)33(19-28)42-24-27-12-8-5-9-13-27)22-29-20-36-21-30(29)23-38(31-15-16-31)34(39)18-26-10-6-4-7-11-26/h4-14,17,19,25,29-33,36H,15-16,18,20-24H2,1-3H3/t29-,30-,32?,33?/m0/s1. The third-order valence-corrected chi connectivity index (χ3v) is 8.67. The summed E-state index contributed by atoms with van der Waals surface area (Å²) in [6.45, 7) is 7.68. The number of benzene rings is 2. The van der Waals surface area contributed by atoms with Gasteiger partial charge in [-0.1, -0.05) is 72.8 Å². The van der Waals surface area contributed by atoms with Crippen molar-refractivity contribution in [2.75, 3.05) is 33.3 Å². The Morgan fingerprint density at radius 3 is 2.17 bits per heavy atom. The van der Waals surface area contributed by atoms with Gasteiger partial charge in [-0.05, 0) is 55.7 Å². The Hall–Kier alpha value is -3.26. The van der Waals surface area contributed by atoms with E-state index >= 15 is 0 Å². The molecule has 2 unspecified atom stereocenters. The van der Waals surface area contributed by atoms with Crippen LogP contribution in [0.25, 0.3) is 0 Å². The maximum Gasteiger partial charge on any atom is 0.253 e. The second-order valence-electron chi connectivity index (χ2n) is 12.1. The average molecular weight is 572 g/mol. The summed E-state index contributed by atoms with van der Waals surface area (Å²) >= 11 is 0. The van der Waals surface area contributed by atoms with Crippen LogP contribution in [-0.2, 0) is 32.1 Å². The Balaban J connectivity index is 1.24. The number of ether oxygens (including phenoxy) is 2. The number of nitrogens with one attached hydrogen (secondary N) is 1. The van der Waals surface area contributed by atoms with Crippen molar-refractivity contribution >= 4 is 11.8 Å². The highest BCUT2D eigenvalue weighted by molar-refractivity contribution is 5.96. The van der Waals surface area contributed by atoms with Gasteiger partial charge in [-0.3, -0.25) is 9.59 Å². The number of carbonyl (C=O) groups excluding carboxylic acids is 2. The van der Waals surface area contributed by atoms with Crippen molar-refractivity contribution in [3.05, 3.63) is 95.6 Å². The van der Waals surface area contributed by atoms with E-state index in [0.717, 1.165) is 43.6 Å². The van der Waals surface area contributed by atoms with Crippen LogP contribution in [0.2, 0.25) is 0 Å². The first-order chi connectivity index (χ1) is 20.4. The van der Waals surface area contributed by atoms with Crippen molar-refractivity contribution in [1.29, 1.82) is 0 Å². The number of hydrogen-bond acceptors (Lipinski definition) is 5. The van der Waals surface area contributed by atoms with Crippen molar-refractivity contribution in [2.24, 2.45) is 11.8 Å². The Kier molecular flexibility index (Phi) is 10.3. The molecule has 0 bridgehead atoms. The molecule has 1 saturated carbocycles. The van der Waals surface area contributed by atoms with Gasteiger partial charge in [0.15, 0.2) is 0 Å². The number of carbonyl (C=O) groups is 2. The van der Waals surface area contributed by atoms with Crippen molar-refractivity contribution in [1.82, 2.24) is 15.1 Å². The second kappa shape index (κ2) is 14.3. The summed E-state index contributed by atoms with van der Waals surface area (Å²) in [6, 6.07) is 20.4. The largest absolute Gasteiger partial charge is 0.374 e. The monoisotopic (exact) mass is 571 g/mol. The van der Waals surface area contributed by atoms with Gasteiger partial charge in [0.1, 0.15) is 12.2 Å². The number of methoxy groups -OCH3 is 1. The van der Waals surface area contributed by atoms with Gasteiger partial charge < -0.3 is 24.6 Å². The van der Waals surface area contributed by atoms with E-state index in [1.165, 1.54) is 0 Å². The lowest BCUT2D eigenvalue weighted by Gasteiger charge is -2.34. The lowest BCUT2D eigenvalue weighted by atomic mass is 9.93. The molecule has 224 valence electrons. The molecular formula is C35H45N3O4. The Bertz CT molecular complexity index is 1240. The highest BCUT2D eigenvalue weighted by atomic mass is 16.5. The lowest BCUT2D eigenvalue weighted by Crippen LogP contribution is -2.46. The van der Waals surface area contributed by atoms with E-state index < -0.39 is 0 Å². The van der Waals surface area contributed by atoms with Crippen molar-refractivity contribution < 1.29 is 19.1 Å². The summed E-state index contributed by atoms with van der Waals surface area (Å²) in [5, 5.41) is 3.55. The van der Waals surface area contributed by atoms with Crippen LogP contribution < -0.4 is 5.32 Å². The van der Waals surface area contributed by atoms with E-state index in [-0.39, 0.29) is 36.0 Å². The fourth-order valence-electron chi connectivity index (χ4n) is 6.03. The summed E-state index contributed by atoms with van der Waals surface area (Å²) < 4.78 is 11.9. The topological polar surface area (TPSA) is 71.1 Å². The van der Waals surface area contributed by atoms with E-state index in [0.29, 0.717) is 37.1 Å². The molecule has 7 heteroatoms. The summed E-state index contributed by atoms with van der Waals surface area (Å²) in [4.78, 5) is 31.4. The minimum absolute atomic E-state index is 0.00830. The van der Waals surface area contributed by atoms with Gasteiger partial charge in [0, 0.05) is 50.9 Å². The lowest BCUT2D eigenvalue weighted by molar-refractivity contribution is -0.133. The third-order valence-electron chi connectivity index (χ3n) is 8.67. The van der Waals surface area contributed by atoms with E-state index in [1.807, 2.05) is 83.8 Å². The van der Waals surface area contributed by atoms with Crippen LogP contribution in [0.15, 0.2) is 84.5 Å². The average Bonchev–Trinajstić information content (AvgIpc) is 3.76. The Labute approximate surface area is 250 Å². The van der Waals surface area contributed by atoms with Crippen LogP contribution in [0, 0.1) is 11.8 Å². The normalized spacial score (nSPS) is 23.6. The third kappa shape index (κ3) is 7.77. The molecule has 42 heavy (non-hydrogen) atoms. The van der Waals surface area contributed by atoms with Gasteiger partial charge in [-0.25, -0.2) is 0 Å². The first-order valence-electron chi connectivity index (χ1n) is 15.4. The highest BCUT2D eigenvalue weighted by Crippen LogP contribution is 2.31. The fraction of sp³-hybridized carbons (Fsp3) is 0.486. The van der Waals surface area contributed by atoms with E-state index in [1.54, 1.807) is 7.11 Å². The minimum Gasteiger partial charge on any atom is -0.374 e. The molecule has 1 aliphatic heterocycles. The predicted molar refractivity (Wildman–Crippen MR) is 165 cm³/mol. The molecule has 1 heterocycles. The SMILES string of the molecule is COC1C=CC(C(=O)N(C[C@@H]2CNC[C@H]2CN(C(=O)Cc2ccccc2)C2CC2)C(C)C)=CC1OCc1ccccc1. The minimum atomic E-state index is -0.350. The van der Waals surface area contributed by atoms with Crippen LogP contribution >= 0.6 is 0 Å². The van der Waals surface area contributed by atoms with Crippen molar-refractivity contribution in [3.63, 3.8) is 0 Å². The van der Waals surface area contributed by atoms with Crippen molar-refractivity contribution in [2.45, 2.75) is 64.0 Å². The number of rotatable bonds is 13. The van der Waals surface area contributed by atoms with Gasteiger partial charge in [0.05, 0.1) is 13.0 Å². The van der Waals surface area contributed by atoms with Crippen molar-refractivity contribution in [3.8, 4) is 0 Å². The molecule has 2 amide bonds. The molecule has 2 fully saturated rings. The molecule has 1 N–H and O–H groups in total. The zero-order valence-corrected chi connectivity index (χ0v) is 25.2. The maximum absolute atomic E-state index is 13.9.